The smallest absolute Gasteiger partial charge is 0.356 e. The first kappa shape index (κ1) is 17.8. The number of hydrogen-bond donors (Lipinski definition) is 2. The lowest BCUT2D eigenvalue weighted by Crippen LogP contribution is -2.08. The lowest BCUT2D eigenvalue weighted by atomic mass is 10.2. The van der Waals surface area contributed by atoms with Crippen LogP contribution in [0.5, 0.6) is 0 Å². The Morgan fingerprint density at radius 1 is 1.00 bits per heavy atom. The van der Waals surface area contributed by atoms with Crippen molar-refractivity contribution >= 4 is 17.9 Å². The van der Waals surface area contributed by atoms with Crippen LogP contribution in [-0.2, 0) is 4.74 Å². The number of carboxylic acid groups (broad SMARTS) is 2. The molecule has 120 valence electrons. The molecule has 0 spiro atoms. The summed E-state index contributed by atoms with van der Waals surface area (Å²) in [5.74, 6) is -2.63. The summed E-state index contributed by atoms with van der Waals surface area (Å²) in [7, 11) is 1.24. The number of aryl methyl sites for hydroxylation is 1. The summed E-state index contributed by atoms with van der Waals surface area (Å²) in [4.78, 5) is 39.2. The third kappa shape index (κ3) is 5.20. The highest BCUT2D eigenvalue weighted by atomic mass is 16.5. The molecule has 0 saturated heterocycles. The molecular formula is C15H14N2O6. The zero-order valence-electron chi connectivity index (χ0n) is 12.4. The number of methoxy groups -OCH3 is 1. The summed E-state index contributed by atoms with van der Waals surface area (Å²) in [6.45, 7) is 1.52. The third-order valence-electron chi connectivity index (χ3n) is 2.59. The Balaban J connectivity index is 0.000000253. The second-order valence-corrected chi connectivity index (χ2v) is 4.15. The molecule has 0 aromatic carbocycles. The quantitative estimate of drug-likeness (QED) is 0.818. The summed E-state index contributed by atoms with van der Waals surface area (Å²) in [5.41, 5.74) is 0.561. The van der Waals surface area contributed by atoms with Crippen LogP contribution >= 0.6 is 0 Å². The molecule has 0 aliphatic heterocycles. The average molecular weight is 318 g/mol. The van der Waals surface area contributed by atoms with E-state index >= 15 is 0 Å². The van der Waals surface area contributed by atoms with E-state index in [1.165, 1.54) is 38.4 Å². The molecule has 2 rings (SSSR count). The topological polar surface area (TPSA) is 127 Å². The number of carbonyl (C=O) groups is 3. The fourth-order valence-electron chi connectivity index (χ4n) is 1.49. The molecule has 0 amide bonds. The number of aromatic nitrogens is 2. The first-order chi connectivity index (χ1) is 10.9. The van der Waals surface area contributed by atoms with Gasteiger partial charge in [-0.05, 0) is 31.2 Å². The van der Waals surface area contributed by atoms with Gasteiger partial charge in [-0.15, -0.1) is 0 Å². The van der Waals surface area contributed by atoms with Crippen LogP contribution in [0.15, 0.2) is 36.5 Å². The third-order valence-corrected chi connectivity index (χ3v) is 2.59. The molecule has 2 aromatic heterocycles. The second kappa shape index (κ2) is 8.23. The molecule has 0 radical (unpaired) electrons. The molecule has 0 aliphatic rings. The number of nitrogens with zero attached hydrogens (tertiary/aromatic N) is 2. The standard InChI is InChI=1S/C9H9NO4.C6H5NO2/c1-5-6(8(11)12)3-4-7(10-5)9(13)14-2;8-6(9)5-3-1-2-4-7-5/h3-4H,1-2H3,(H,11,12);1-4H,(H,8,9). The minimum absolute atomic E-state index is 0.0810. The molecule has 0 atom stereocenters. The first-order valence-electron chi connectivity index (χ1n) is 6.30. The zero-order chi connectivity index (χ0) is 17.4. The number of aromatic carboxylic acids is 2. The van der Waals surface area contributed by atoms with Crippen LogP contribution in [0.25, 0.3) is 0 Å². The van der Waals surface area contributed by atoms with E-state index in [0.717, 1.165) is 0 Å². The van der Waals surface area contributed by atoms with E-state index in [2.05, 4.69) is 14.7 Å². The second-order valence-electron chi connectivity index (χ2n) is 4.15. The van der Waals surface area contributed by atoms with E-state index in [-0.39, 0.29) is 17.0 Å². The Labute approximate surface area is 131 Å². The summed E-state index contributed by atoms with van der Waals surface area (Å²) in [5, 5.41) is 17.0. The van der Waals surface area contributed by atoms with Crippen molar-refractivity contribution in [3.05, 3.63) is 59.2 Å². The monoisotopic (exact) mass is 318 g/mol. The van der Waals surface area contributed by atoms with E-state index in [4.69, 9.17) is 10.2 Å². The molecule has 2 aromatic rings. The van der Waals surface area contributed by atoms with Crippen molar-refractivity contribution < 1.29 is 29.3 Å². The Bertz CT molecular complexity index is 715. The van der Waals surface area contributed by atoms with Gasteiger partial charge in [0.15, 0.2) is 0 Å². The largest absolute Gasteiger partial charge is 0.478 e. The molecule has 8 heteroatoms. The van der Waals surface area contributed by atoms with Crippen LogP contribution in [-0.4, -0.2) is 45.2 Å². The van der Waals surface area contributed by atoms with Gasteiger partial charge in [0, 0.05) is 6.20 Å². The number of pyridine rings is 2. The molecule has 0 saturated carbocycles. The van der Waals surface area contributed by atoms with Gasteiger partial charge in [0.1, 0.15) is 11.4 Å². The van der Waals surface area contributed by atoms with Crippen LogP contribution in [0.3, 0.4) is 0 Å². The van der Waals surface area contributed by atoms with Gasteiger partial charge in [-0.25, -0.2) is 24.4 Å². The van der Waals surface area contributed by atoms with E-state index in [9.17, 15) is 14.4 Å². The van der Waals surface area contributed by atoms with Crippen molar-refractivity contribution in [3.63, 3.8) is 0 Å². The van der Waals surface area contributed by atoms with Crippen molar-refractivity contribution in [2.45, 2.75) is 6.92 Å². The number of carboxylic acids is 2. The van der Waals surface area contributed by atoms with E-state index in [0.29, 0.717) is 5.69 Å². The molecular weight excluding hydrogens is 304 g/mol. The lowest BCUT2D eigenvalue weighted by molar-refractivity contribution is 0.0590. The predicted octanol–water partition coefficient (Wildman–Crippen LogP) is 1.65. The van der Waals surface area contributed by atoms with Gasteiger partial charge in [-0.3, -0.25) is 0 Å². The Morgan fingerprint density at radius 3 is 2.09 bits per heavy atom. The number of rotatable bonds is 3. The van der Waals surface area contributed by atoms with Gasteiger partial charge in [0.2, 0.25) is 0 Å². The fraction of sp³-hybridized carbons (Fsp3) is 0.133. The SMILES string of the molecule is COC(=O)c1ccc(C(=O)O)c(C)n1.O=C(O)c1ccccn1. The highest BCUT2D eigenvalue weighted by Gasteiger charge is 2.12. The van der Waals surface area contributed by atoms with E-state index < -0.39 is 17.9 Å². The molecule has 23 heavy (non-hydrogen) atoms. The number of hydrogen-bond acceptors (Lipinski definition) is 6. The highest BCUT2D eigenvalue weighted by Crippen LogP contribution is 2.07. The zero-order valence-corrected chi connectivity index (χ0v) is 12.4. The van der Waals surface area contributed by atoms with Crippen molar-refractivity contribution in [1.82, 2.24) is 9.97 Å². The molecule has 0 fully saturated rings. The van der Waals surface area contributed by atoms with Crippen molar-refractivity contribution in [2.75, 3.05) is 7.11 Å². The number of esters is 1. The highest BCUT2D eigenvalue weighted by molar-refractivity contribution is 5.91. The summed E-state index contributed by atoms with van der Waals surface area (Å²) < 4.78 is 4.44. The maximum absolute atomic E-state index is 11.0. The molecule has 2 heterocycles. The summed E-state index contributed by atoms with van der Waals surface area (Å²) in [6, 6.07) is 7.41. The minimum Gasteiger partial charge on any atom is -0.478 e. The van der Waals surface area contributed by atoms with Gasteiger partial charge in [0.05, 0.1) is 18.4 Å². The van der Waals surface area contributed by atoms with Gasteiger partial charge >= 0.3 is 17.9 Å². The Kier molecular flexibility index (Phi) is 6.35. The molecule has 0 bridgehead atoms. The lowest BCUT2D eigenvalue weighted by Gasteiger charge is -2.02. The van der Waals surface area contributed by atoms with Crippen molar-refractivity contribution in [1.29, 1.82) is 0 Å². The summed E-state index contributed by atoms with van der Waals surface area (Å²) >= 11 is 0. The van der Waals surface area contributed by atoms with Gasteiger partial charge in [-0.2, -0.15) is 0 Å². The van der Waals surface area contributed by atoms with Crippen molar-refractivity contribution in [3.8, 4) is 0 Å². The molecule has 8 nitrogen and oxygen atoms in total. The van der Waals surface area contributed by atoms with Crippen LogP contribution in [0.1, 0.15) is 37.0 Å². The number of carbonyl (C=O) groups excluding carboxylic acids is 1. The predicted molar refractivity (Wildman–Crippen MR) is 78.5 cm³/mol. The van der Waals surface area contributed by atoms with Gasteiger partial charge in [0.25, 0.3) is 0 Å². The molecule has 0 unspecified atom stereocenters. The maximum Gasteiger partial charge on any atom is 0.356 e. The molecule has 2 N–H and O–H groups in total. The van der Waals surface area contributed by atoms with Gasteiger partial charge < -0.3 is 14.9 Å². The van der Waals surface area contributed by atoms with E-state index in [1.54, 1.807) is 12.1 Å². The van der Waals surface area contributed by atoms with E-state index in [1.807, 2.05) is 0 Å². The average Bonchev–Trinajstić information content (AvgIpc) is 2.55. The first-order valence-corrected chi connectivity index (χ1v) is 6.30. The Morgan fingerprint density at radius 2 is 1.70 bits per heavy atom. The molecule has 0 aliphatic carbocycles. The fourth-order valence-corrected chi connectivity index (χ4v) is 1.49. The normalized spacial score (nSPS) is 9.30. The van der Waals surface area contributed by atoms with Gasteiger partial charge in [-0.1, -0.05) is 6.07 Å². The number of ether oxygens (including phenoxy) is 1. The van der Waals surface area contributed by atoms with Crippen LogP contribution in [0, 0.1) is 6.92 Å². The Hall–Kier alpha value is -3.29. The van der Waals surface area contributed by atoms with Crippen molar-refractivity contribution in [2.24, 2.45) is 0 Å². The van der Waals surface area contributed by atoms with Crippen LogP contribution < -0.4 is 0 Å². The van der Waals surface area contributed by atoms with Crippen LogP contribution in [0.2, 0.25) is 0 Å². The van der Waals surface area contributed by atoms with Crippen LogP contribution in [0.4, 0.5) is 0 Å². The minimum atomic E-state index is -1.06. The summed E-state index contributed by atoms with van der Waals surface area (Å²) in [6.07, 6.45) is 1.45. The maximum atomic E-state index is 11.0.